The van der Waals surface area contributed by atoms with E-state index < -0.39 is 4.92 Å². The van der Waals surface area contributed by atoms with Gasteiger partial charge in [0.2, 0.25) is 0 Å². The molecule has 1 aromatic carbocycles. The highest BCUT2D eigenvalue weighted by Crippen LogP contribution is 2.42. The van der Waals surface area contributed by atoms with Crippen molar-refractivity contribution in [1.82, 2.24) is 4.98 Å². The molecule has 6 heteroatoms. The van der Waals surface area contributed by atoms with E-state index in [9.17, 15) is 10.1 Å². The van der Waals surface area contributed by atoms with Crippen LogP contribution in [-0.4, -0.2) is 24.1 Å². The number of benzene rings is 1. The number of rotatable bonds is 3. The highest BCUT2D eigenvalue weighted by Gasteiger charge is 2.26. The molecule has 0 bridgehead atoms. The fourth-order valence-corrected chi connectivity index (χ4v) is 2.40. The Morgan fingerprint density at radius 1 is 1.18 bits per heavy atom. The number of pyridine rings is 1. The van der Waals surface area contributed by atoms with Gasteiger partial charge < -0.3 is 9.47 Å². The van der Waals surface area contributed by atoms with E-state index in [1.54, 1.807) is 0 Å². The predicted octanol–water partition coefficient (Wildman–Crippen LogP) is 3.77. The number of nitrogens with zero attached hydrogens (tertiary/aromatic N) is 2. The number of hydrogen-bond acceptors (Lipinski definition) is 5. The van der Waals surface area contributed by atoms with Crippen LogP contribution in [-0.2, 0) is 5.41 Å². The number of ether oxygens (including phenoxy) is 2. The molecule has 0 saturated heterocycles. The molecule has 22 heavy (non-hydrogen) atoms. The van der Waals surface area contributed by atoms with Crippen molar-refractivity contribution in [3.05, 3.63) is 33.5 Å². The summed E-state index contributed by atoms with van der Waals surface area (Å²) >= 11 is 0. The third-order valence-electron chi connectivity index (χ3n) is 3.57. The molecular formula is C16H20N2O4. The van der Waals surface area contributed by atoms with Crippen LogP contribution in [0, 0.1) is 17.0 Å². The Labute approximate surface area is 129 Å². The van der Waals surface area contributed by atoms with Gasteiger partial charge in [0.15, 0.2) is 17.0 Å². The Bertz CT molecular complexity index is 748. The minimum absolute atomic E-state index is 0.0816. The van der Waals surface area contributed by atoms with Gasteiger partial charge in [-0.15, -0.1) is 0 Å². The van der Waals surface area contributed by atoms with Crippen molar-refractivity contribution in [2.24, 2.45) is 0 Å². The molecule has 0 aliphatic carbocycles. The Morgan fingerprint density at radius 3 is 2.27 bits per heavy atom. The SMILES string of the molecule is COc1cc([N+](=O)[O-])c2nc(C(C)(C)C)cc(C)c2c1OC. The molecule has 0 N–H and O–H groups in total. The zero-order valence-corrected chi connectivity index (χ0v) is 13.7. The molecule has 6 nitrogen and oxygen atoms in total. The smallest absolute Gasteiger partial charge is 0.299 e. The van der Waals surface area contributed by atoms with E-state index in [-0.39, 0.29) is 11.1 Å². The Balaban J connectivity index is 3.00. The van der Waals surface area contributed by atoms with Crippen molar-refractivity contribution in [2.45, 2.75) is 33.1 Å². The Hall–Kier alpha value is -2.37. The molecule has 2 aromatic rings. The van der Waals surface area contributed by atoms with Gasteiger partial charge in [0.25, 0.3) is 5.69 Å². The van der Waals surface area contributed by atoms with Gasteiger partial charge in [0, 0.05) is 11.1 Å². The first kappa shape index (κ1) is 16.0. The minimum Gasteiger partial charge on any atom is -0.493 e. The van der Waals surface area contributed by atoms with E-state index in [2.05, 4.69) is 4.98 Å². The molecule has 118 valence electrons. The van der Waals surface area contributed by atoms with Crippen molar-refractivity contribution in [3.8, 4) is 11.5 Å². The summed E-state index contributed by atoms with van der Waals surface area (Å²) in [5.41, 5.74) is 1.70. The molecule has 0 fully saturated rings. The zero-order chi connectivity index (χ0) is 16.7. The predicted molar refractivity (Wildman–Crippen MR) is 84.9 cm³/mol. The van der Waals surface area contributed by atoms with Gasteiger partial charge in [-0.3, -0.25) is 10.1 Å². The first-order chi connectivity index (χ1) is 10.2. The van der Waals surface area contributed by atoms with Crippen LogP contribution < -0.4 is 9.47 Å². The summed E-state index contributed by atoms with van der Waals surface area (Å²) in [6, 6.07) is 3.30. The lowest BCUT2D eigenvalue weighted by molar-refractivity contribution is -0.383. The number of hydrogen-bond donors (Lipinski definition) is 0. The standard InChI is InChI=1S/C16H20N2O4/c1-9-7-12(16(2,3)4)17-14-10(18(19)20)8-11(21-5)15(22-6)13(9)14/h7-8H,1-6H3. The summed E-state index contributed by atoms with van der Waals surface area (Å²) in [4.78, 5) is 15.5. The molecule has 2 rings (SSSR count). The van der Waals surface area contributed by atoms with Crippen LogP contribution in [0.5, 0.6) is 11.5 Å². The summed E-state index contributed by atoms with van der Waals surface area (Å²) in [6.45, 7) is 7.96. The van der Waals surface area contributed by atoms with Crippen molar-refractivity contribution in [1.29, 1.82) is 0 Å². The second-order valence-corrected chi connectivity index (χ2v) is 6.19. The van der Waals surface area contributed by atoms with E-state index in [1.807, 2.05) is 33.8 Å². The highest BCUT2D eigenvalue weighted by molar-refractivity contribution is 5.97. The normalized spacial score (nSPS) is 11.5. The maximum absolute atomic E-state index is 11.4. The zero-order valence-electron chi connectivity index (χ0n) is 13.7. The quantitative estimate of drug-likeness (QED) is 0.637. The number of nitro benzene ring substituents is 1. The van der Waals surface area contributed by atoms with Crippen molar-refractivity contribution < 1.29 is 14.4 Å². The molecule has 1 heterocycles. The number of methoxy groups -OCH3 is 2. The first-order valence-corrected chi connectivity index (χ1v) is 6.92. The van der Waals surface area contributed by atoms with E-state index >= 15 is 0 Å². The van der Waals surface area contributed by atoms with Crippen LogP contribution in [0.1, 0.15) is 32.0 Å². The number of nitro groups is 1. The fourth-order valence-electron chi connectivity index (χ4n) is 2.40. The molecule has 0 spiro atoms. The van der Waals surface area contributed by atoms with Crippen molar-refractivity contribution in [3.63, 3.8) is 0 Å². The highest BCUT2D eigenvalue weighted by atomic mass is 16.6. The number of fused-ring (bicyclic) bond motifs is 1. The summed E-state index contributed by atoms with van der Waals surface area (Å²) < 4.78 is 10.6. The number of aryl methyl sites for hydroxylation is 1. The summed E-state index contributed by atoms with van der Waals surface area (Å²) in [5.74, 6) is 0.795. The molecule has 0 aliphatic heterocycles. The van der Waals surface area contributed by atoms with Crippen LogP contribution in [0.2, 0.25) is 0 Å². The lowest BCUT2D eigenvalue weighted by atomic mass is 9.90. The van der Waals surface area contributed by atoms with E-state index in [4.69, 9.17) is 9.47 Å². The average Bonchev–Trinajstić information content (AvgIpc) is 2.43. The summed E-state index contributed by atoms with van der Waals surface area (Å²) in [5, 5.41) is 12.0. The third-order valence-corrected chi connectivity index (χ3v) is 3.57. The second kappa shape index (κ2) is 5.44. The lowest BCUT2D eigenvalue weighted by Gasteiger charge is -2.20. The first-order valence-electron chi connectivity index (χ1n) is 6.92. The van der Waals surface area contributed by atoms with Crippen LogP contribution in [0.3, 0.4) is 0 Å². The summed E-state index contributed by atoms with van der Waals surface area (Å²) in [7, 11) is 2.97. The Kier molecular flexibility index (Phi) is 3.96. The molecule has 0 radical (unpaired) electrons. The maximum atomic E-state index is 11.4. The molecule has 0 saturated carbocycles. The van der Waals surface area contributed by atoms with Gasteiger partial charge in [-0.2, -0.15) is 0 Å². The van der Waals surface area contributed by atoms with E-state index in [0.717, 1.165) is 11.3 Å². The van der Waals surface area contributed by atoms with E-state index in [1.165, 1.54) is 20.3 Å². The number of aromatic nitrogens is 1. The Morgan fingerprint density at radius 2 is 1.82 bits per heavy atom. The molecule has 0 atom stereocenters. The lowest BCUT2D eigenvalue weighted by Crippen LogP contribution is -2.14. The van der Waals surface area contributed by atoms with Gasteiger partial charge in [0.1, 0.15) is 0 Å². The van der Waals surface area contributed by atoms with Gasteiger partial charge in [-0.1, -0.05) is 20.8 Å². The van der Waals surface area contributed by atoms with Gasteiger partial charge >= 0.3 is 0 Å². The topological polar surface area (TPSA) is 74.5 Å². The average molecular weight is 304 g/mol. The molecule has 1 aromatic heterocycles. The van der Waals surface area contributed by atoms with Gasteiger partial charge in [-0.05, 0) is 18.6 Å². The fraction of sp³-hybridized carbons (Fsp3) is 0.438. The summed E-state index contributed by atoms with van der Waals surface area (Å²) in [6.07, 6.45) is 0. The molecular weight excluding hydrogens is 284 g/mol. The third kappa shape index (κ3) is 2.56. The maximum Gasteiger partial charge on any atom is 0.299 e. The largest absolute Gasteiger partial charge is 0.493 e. The molecule has 0 unspecified atom stereocenters. The van der Waals surface area contributed by atoms with Crippen LogP contribution in [0.25, 0.3) is 10.9 Å². The van der Waals surface area contributed by atoms with Crippen LogP contribution >= 0.6 is 0 Å². The minimum atomic E-state index is -0.441. The van der Waals surface area contributed by atoms with Gasteiger partial charge in [-0.25, -0.2) is 4.98 Å². The van der Waals surface area contributed by atoms with Crippen LogP contribution in [0.4, 0.5) is 5.69 Å². The van der Waals surface area contributed by atoms with Crippen molar-refractivity contribution in [2.75, 3.05) is 14.2 Å². The molecule has 0 amide bonds. The monoisotopic (exact) mass is 304 g/mol. The van der Waals surface area contributed by atoms with Gasteiger partial charge in [0.05, 0.1) is 30.6 Å². The van der Waals surface area contributed by atoms with E-state index in [0.29, 0.717) is 22.4 Å². The van der Waals surface area contributed by atoms with Crippen molar-refractivity contribution >= 4 is 16.6 Å². The number of non-ortho nitro benzene ring substituents is 1. The second-order valence-electron chi connectivity index (χ2n) is 6.19. The van der Waals surface area contributed by atoms with Crippen LogP contribution in [0.15, 0.2) is 12.1 Å². The molecule has 0 aliphatic rings.